The molecule has 5 nitrogen and oxygen atoms in total. The lowest BCUT2D eigenvalue weighted by atomic mass is 9.75. The Hall–Kier alpha value is -3.28. The normalized spacial score (nSPS) is 15.0. The molecule has 0 bridgehead atoms. The van der Waals surface area contributed by atoms with Crippen molar-refractivity contribution in [2.75, 3.05) is 10.6 Å². The standard InChI is InChI=1S/C23H23FN4O/c1-14-5-4-6-17(11-14)25-21-20-18(12-23(2,3)13-19(20)29)27-22(28-21)26-16-9-7-15(24)8-10-16/h4-11H,12-13H2,1-3H3,(H2,25,26,27,28). The highest BCUT2D eigenvalue weighted by Gasteiger charge is 2.35. The number of nitrogens with zero attached hydrogens (tertiary/aromatic N) is 2. The van der Waals surface area contributed by atoms with E-state index in [1.165, 1.54) is 12.1 Å². The van der Waals surface area contributed by atoms with E-state index in [2.05, 4.69) is 34.4 Å². The summed E-state index contributed by atoms with van der Waals surface area (Å²) in [5.41, 5.74) is 3.75. The molecule has 1 aliphatic rings. The van der Waals surface area contributed by atoms with Crippen LogP contribution in [0.1, 0.15) is 41.9 Å². The maximum absolute atomic E-state index is 13.2. The second kappa shape index (κ2) is 7.28. The van der Waals surface area contributed by atoms with E-state index in [1.807, 2.05) is 31.2 Å². The Morgan fingerprint density at radius 3 is 2.45 bits per heavy atom. The van der Waals surface area contributed by atoms with Crippen molar-refractivity contribution in [2.45, 2.75) is 33.6 Å². The third kappa shape index (κ3) is 4.26. The van der Waals surface area contributed by atoms with Crippen molar-refractivity contribution in [1.82, 2.24) is 9.97 Å². The summed E-state index contributed by atoms with van der Waals surface area (Å²) in [6, 6.07) is 13.9. The Balaban J connectivity index is 1.77. The van der Waals surface area contributed by atoms with Crippen molar-refractivity contribution in [3.05, 3.63) is 71.2 Å². The molecule has 0 fully saturated rings. The van der Waals surface area contributed by atoms with Gasteiger partial charge in [0.1, 0.15) is 11.6 Å². The van der Waals surface area contributed by atoms with Crippen LogP contribution in [0.4, 0.5) is 27.5 Å². The monoisotopic (exact) mass is 390 g/mol. The van der Waals surface area contributed by atoms with Gasteiger partial charge in [-0.25, -0.2) is 9.37 Å². The zero-order valence-electron chi connectivity index (χ0n) is 16.7. The van der Waals surface area contributed by atoms with Crippen LogP contribution in [-0.4, -0.2) is 15.8 Å². The van der Waals surface area contributed by atoms with Crippen LogP contribution in [0.5, 0.6) is 0 Å². The number of carbonyl (C=O) groups is 1. The van der Waals surface area contributed by atoms with Gasteiger partial charge in [-0.05, 0) is 60.7 Å². The fraction of sp³-hybridized carbons (Fsp3) is 0.261. The lowest BCUT2D eigenvalue weighted by Gasteiger charge is -2.30. The molecule has 2 N–H and O–H groups in total. The van der Waals surface area contributed by atoms with Crippen molar-refractivity contribution >= 4 is 28.9 Å². The van der Waals surface area contributed by atoms with Gasteiger partial charge in [0.15, 0.2) is 5.78 Å². The van der Waals surface area contributed by atoms with Crippen LogP contribution in [0, 0.1) is 18.2 Å². The zero-order valence-corrected chi connectivity index (χ0v) is 16.7. The van der Waals surface area contributed by atoms with E-state index in [0.717, 1.165) is 16.9 Å². The van der Waals surface area contributed by atoms with Gasteiger partial charge in [0.2, 0.25) is 5.95 Å². The minimum atomic E-state index is -0.309. The molecule has 0 aliphatic heterocycles. The first-order valence-electron chi connectivity index (χ1n) is 9.59. The highest BCUT2D eigenvalue weighted by Crippen LogP contribution is 2.37. The van der Waals surface area contributed by atoms with Gasteiger partial charge in [-0.1, -0.05) is 26.0 Å². The molecular formula is C23H23FN4O. The molecule has 0 atom stereocenters. The van der Waals surface area contributed by atoms with E-state index >= 15 is 0 Å². The predicted octanol–water partition coefficient (Wildman–Crippen LogP) is 5.57. The fourth-order valence-electron chi connectivity index (χ4n) is 3.64. The number of rotatable bonds is 4. The SMILES string of the molecule is Cc1cccc(Nc2nc(Nc3ccc(F)cc3)nc3c2C(=O)CC(C)(C)C3)c1. The van der Waals surface area contributed by atoms with E-state index in [0.29, 0.717) is 35.9 Å². The lowest BCUT2D eigenvalue weighted by Crippen LogP contribution is -2.29. The summed E-state index contributed by atoms with van der Waals surface area (Å²) < 4.78 is 13.2. The molecule has 4 rings (SSSR count). The zero-order chi connectivity index (χ0) is 20.6. The number of halogens is 1. The molecule has 1 aliphatic carbocycles. The van der Waals surface area contributed by atoms with Crippen molar-refractivity contribution < 1.29 is 9.18 Å². The van der Waals surface area contributed by atoms with Crippen LogP contribution < -0.4 is 10.6 Å². The van der Waals surface area contributed by atoms with Crippen LogP contribution in [0.25, 0.3) is 0 Å². The van der Waals surface area contributed by atoms with Crippen molar-refractivity contribution in [2.24, 2.45) is 5.41 Å². The molecule has 6 heteroatoms. The van der Waals surface area contributed by atoms with Gasteiger partial charge in [-0.2, -0.15) is 4.98 Å². The number of ketones is 1. The van der Waals surface area contributed by atoms with Crippen molar-refractivity contribution in [3.63, 3.8) is 0 Å². The molecule has 2 aromatic carbocycles. The molecule has 0 saturated heterocycles. The minimum Gasteiger partial charge on any atom is -0.339 e. The van der Waals surface area contributed by atoms with E-state index in [4.69, 9.17) is 0 Å². The quantitative estimate of drug-likeness (QED) is 0.610. The van der Waals surface area contributed by atoms with Crippen LogP contribution in [-0.2, 0) is 6.42 Å². The molecule has 0 unspecified atom stereocenters. The summed E-state index contributed by atoms with van der Waals surface area (Å²) in [5, 5.41) is 6.41. The highest BCUT2D eigenvalue weighted by atomic mass is 19.1. The summed E-state index contributed by atoms with van der Waals surface area (Å²) in [4.78, 5) is 22.1. The van der Waals surface area contributed by atoms with E-state index in [1.54, 1.807) is 12.1 Å². The summed E-state index contributed by atoms with van der Waals surface area (Å²) in [7, 11) is 0. The van der Waals surface area contributed by atoms with Crippen LogP contribution >= 0.6 is 0 Å². The van der Waals surface area contributed by atoms with Gasteiger partial charge in [0, 0.05) is 17.8 Å². The van der Waals surface area contributed by atoms with Gasteiger partial charge >= 0.3 is 0 Å². The van der Waals surface area contributed by atoms with Crippen LogP contribution in [0.3, 0.4) is 0 Å². The maximum Gasteiger partial charge on any atom is 0.229 e. The van der Waals surface area contributed by atoms with E-state index < -0.39 is 0 Å². The Kier molecular flexibility index (Phi) is 4.78. The average Bonchev–Trinajstić information content (AvgIpc) is 2.62. The summed E-state index contributed by atoms with van der Waals surface area (Å²) in [6.45, 7) is 6.14. The van der Waals surface area contributed by atoms with Crippen molar-refractivity contribution in [1.29, 1.82) is 0 Å². The molecule has 0 amide bonds. The molecule has 29 heavy (non-hydrogen) atoms. The average molecular weight is 390 g/mol. The molecule has 1 aromatic heterocycles. The Morgan fingerprint density at radius 1 is 0.966 bits per heavy atom. The van der Waals surface area contributed by atoms with Crippen molar-refractivity contribution in [3.8, 4) is 0 Å². The highest BCUT2D eigenvalue weighted by molar-refractivity contribution is 6.03. The molecular weight excluding hydrogens is 367 g/mol. The van der Waals surface area contributed by atoms with E-state index in [9.17, 15) is 9.18 Å². The topological polar surface area (TPSA) is 66.9 Å². The van der Waals surface area contributed by atoms with E-state index in [-0.39, 0.29) is 17.0 Å². The molecule has 148 valence electrons. The Bertz CT molecular complexity index is 1080. The largest absolute Gasteiger partial charge is 0.339 e. The van der Waals surface area contributed by atoms with Gasteiger partial charge in [0.05, 0.1) is 11.3 Å². The number of nitrogens with one attached hydrogen (secondary N) is 2. The number of aromatic nitrogens is 2. The first-order chi connectivity index (χ1) is 13.8. The van der Waals surface area contributed by atoms with Gasteiger partial charge in [0.25, 0.3) is 0 Å². The van der Waals surface area contributed by atoms with Crippen LogP contribution in [0.2, 0.25) is 0 Å². The summed E-state index contributed by atoms with van der Waals surface area (Å²) in [5.74, 6) is 0.595. The lowest BCUT2D eigenvalue weighted by molar-refractivity contribution is 0.0911. The van der Waals surface area contributed by atoms with Crippen LogP contribution in [0.15, 0.2) is 48.5 Å². The number of fused-ring (bicyclic) bond motifs is 1. The molecule has 0 saturated carbocycles. The minimum absolute atomic E-state index is 0.0414. The molecule has 0 radical (unpaired) electrons. The number of hydrogen-bond donors (Lipinski definition) is 2. The smallest absolute Gasteiger partial charge is 0.229 e. The molecule has 3 aromatic rings. The third-order valence-corrected chi connectivity index (χ3v) is 4.93. The number of benzene rings is 2. The van der Waals surface area contributed by atoms with Gasteiger partial charge in [-0.3, -0.25) is 4.79 Å². The number of anilines is 4. The molecule has 0 spiro atoms. The van der Waals surface area contributed by atoms with Gasteiger partial charge < -0.3 is 10.6 Å². The first-order valence-corrected chi connectivity index (χ1v) is 9.59. The number of Topliss-reactive ketones (excluding diaryl/α,β-unsaturated/α-hetero) is 1. The summed E-state index contributed by atoms with van der Waals surface area (Å²) >= 11 is 0. The molecule has 1 heterocycles. The third-order valence-electron chi connectivity index (χ3n) is 4.93. The number of hydrogen-bond acceptors (Lipinski definition) is 5. The number of aryl methyl sites for hydroxylation is 1. The van der Waals surface area contributed by atoms with Gasteiger partial charge in [-0.15, -0.1) is 0 Å². The summed E-state index contributed by atoms with van der Waals surface area (Å²) in [6.07, 6.45) is 1.13. The second-order valence-corrected chi connectivity index (χ2v) is 8.28. The fourth-order valence-corrected chi connectivity index (χ4v) is 3.64. The predicted molar refractivity (Wildman–Crippen MR) is 113 cm³/mol. The second-order valence-electron chi connectivity index (χ2n) is 8.28. The Morgan fingerprint density at radius 2 is 1.72 bits per heavy atom. The maximum atomic E-state index is 13.2. The first kappa shape index (κ1) is 19.1. The number of carbonyl (C=O) groups excluding carboxylic acids is 1. The Labute approximate surface area is 169 Å².